The normalized spacial score (nSPS) is 16.6. The molecule has 1 atom stereocenters. The van der Waals surface area contributed by atoms with Crippen molar-refractivity contribution in [3.8, 4) is 5.69 Å². The Balaban J connectivity index is 1.69. The molecule has 1 saturated heterocycles. The van der Waals surface area contributed by atoms with Crippen LogP contribution in [0.5, 0.6) is 0 Å². The third-order valence-electron chi connectivity index (χ3n) is 5.30. The molecule has 29 heavy (non-hydrogen) atoms. The summed E-state index contributed by atoms with van der Waals surface area (Å²) in [6, 6.07) is 6.26. The smallest absolute Gasteiger partial charge is 0.305 e. The van der Waals surface area contributed by atoms with E-state index < -0.39 is 5.97 Å². The Kier molecular flexibility index (Phi) is 5.69. The van der Waals surface area contributed by atoms with Crippen molar-refractivity contribution >= 4 is 34.3 Å². The highest BCUT2D eigenvalue weighted by molar-refractivity contribution is 6.36. The van der Waals surface area contributed by atoms with Crippen molar-refractivity contribution < 1.29 is 14.6 Å². The molecule has 1 N–H and O–H groups in total. The number of hydrogen-bond donors (Lipinski definition) is 1. The lowest BCUT2D eigenvalue weighted by Crippen LogP contribution is -2.34. The van der Waals surface area contributed by atoms with Gasteiger partial charge in [-0.3, -0.25) is 4.79 Å². The SMILES string of the molecule is Cc1ccc2c(-n3ccnc3)cc(N3CCC[C@H]3COCCC(=O)O)nc2c1Cl. The lowest BCUT2D eigenvalue weighted by Gasteiger charge is -2.27. The van der Waals surface area contributed by atoms with Crippen molar-refractivity contribution in [2.45, 2.75) is 32.2 Å². The van der Waals surface area contributed by atoms with Gasteiger partial charge < -0.3 is 19.3 Å². The number of carbonyl (C=O) groups is 1. The van der Waals surface area contributed by atoms with Gasteiger partial charge in [-0.05, 0) is 25.3 Å². The van der Waals surface area contributed by atoms with Gasteiger partial charge in [0.15, 0.2) is 0 Å². The molecule has 1 aliphatic rings. The number of nitrogens with zero attached hydrogens (tertiary/aromatic N) is 4. The number of ether oxygens (including phenoxy) is 1. The number of anilines is 1. The van der Waals surface area contributed by atoms with Gasteiger partial charge in [-0.2, -0.15) is 0 Å². The first kappa shape index (κ1) is 19.7. The van der Waals surface area contributed by atoms with E-state index >= 15 is 0 Å². The number of carboxylic acid groups (broad SMARTS) is 1. The molecule has 3 heterocycles. The molecule has 8 heteroatoms. The second-order valence-corrected chi connectivity index (χ2v) is 7.65. The van der Waals surface area contributed by atoms with E-state index in [1.165, 1.54) is 0 Å². The van der Waals surface area contributed by atoms with Gasteiger partial charge in [-0.25, -0.2) is 9.97 Å². The Morgan fingerprint density at radius 1 is 1.41 bits per heavy atom. The topological polar surface area (TPSA) is 80.5 Å². The van der Waals surface area contributed by atoms with Crippen LogP contribution in [0.25, 0.3) is 16.6 Å². The maximum Gasteiger partial charge on any atom is 0.305 e. The number of fused-ring (bicyclic) bond motifs is 1. The molecule has 1 aliphatic heterocycles. The second-order valence-electron chi connectivity index (χ2n) is 7.27. The molecule has 0 unspecified atom stereocenters. The van der Waals surface area contributed by atoms with E-state index in [9.17, 15) is 4.79 Å². The molecule has 7 nitrogen and oxygen atoms in total. The molecule has 0 aliphatic carbocycles. The van der Waals surface area contributed by atoms with Gasteiger partial charge in [0.05, 0.1) is 48.2 Å². The Hall–Kier alpha value is -2.64. The average molecular weight is 415 g/mol. The molecular formula is C21H23ClN4O3. The number of imidazole rings is 1. The van der Waals surface area contributed by atoms with Crippen molar-refractivity contribution in [1.29, 1.82) is 0 Å². The predicted molar refractivity (Wildman–Crippen MR) is 112 cm³/mol. The molecule has 2 aromatic heterocycles. The summed E-state index contributed by atoms with van der Waals surface area (Å²) in [7, 11) is 0. The Morgan fingerprint density at radius 2 is 2.28 bits per heavy atom. The molecule has 0 spiro atoms. The van der Waals surface area contributed by atoms with Gasteiger partial charge in [0.2, 0.25) is 0 Å². The highest BCUT2D eigenvalue weighted by atomic mass is 35.5. The molecular weight excluding hydrogens is 392 g/mol. The zero-order valence-electron chi connectivity index (χ0n) is 16.2. The van der Waals surface area contributed by atoms with Crippen LogP contribution in [0.2, 0.25) is 5.02 Å². The maximum absolute atomic E-state index is 10.7. The van der Waals surface area contributed by atoms with E-state index in [-0.39, 0.29) is 19.1 Å². The largest absolute Gasteiger partial charge is 0.481 e. The Morgan fingerprint density at radius 3 is 3.03 bits per heavy atom. The van der Waals surface area contributed by atoms with E-state index in [0.29, 0.717) is 11.6 Å². The van der Waals surface area contributed by atoms with Crippen LogP contribution in [0.4, 0.5) is 5.82 Å². The molecule has 3 aromatic rings. The number of halogens is 1. The molecule has 0 saturated carbocycles. The summed E-state index contributed by atoms with van der Waals surface area (Å²) in [5.41, 5.74) is 2.72. The highest BCUT2D eigenvalue weighted by Crippen LogP contribution is 2.34. The molecule has 4 rings (SSSR count). The summed E-state index contributed by atoms with van der Waals surface area (Å²) < 4.78 is 7.59. The van der Waals surface area contributed by atoms with Crippen LogP contribution in [0.15, 0.2) is 36.9 Å². The third kappa shape index (κ3) is 4.06. The Bertz CT molecular complexity index is 1020. The van der Waals surface area contributed by atoms with Gasteiger partial charge in [0, 0.05) is 30.4 Å². The number of pyridine rings is 1. The maximum atomic E-state index is 10.7. The number of aryl methyl sites for hydroxylation is 1. The summed E-state index contributed by atoms with van der Waals surface area (Å²) in [5, 5.41) is 10.4. The summed E-state index contributed by atoms with van der Waals surface area (Å²) in [6.45, 7) is 3.55. The minimum absolute atomic E-state index is 0.0145. The van der Waals surface area contributed by atoms with Gasteiger partial charge in [-0.15, -0.1) is 0 Å². The summed E-state index contributed by atoms with van der Waals surface area (Å²) in [5.74, 6) is -0.00232. The second kappa shape index (κ2) is 8.39. The van der Waals surface area contributed by atoms with E-state index in [4.69, 9.17) is 26.4 Å². The molecule has 1 fully saturated rings. The molecule has 0 bridgehead atoms. The number of rotatable bonds is 7. The van der Waals surface area contributed by atoms with Crippen LogP contribution < -0.4 is 4.90 Å². The van der Waals surface area contributed by atoms with E-state index in [0.717, 1.165) is 47.4 Å². The van der Waals surface area contributed by atoms with Crippen LogP contribution in [0, 0.1) is 6.92 Å². The lowest BCUT2D eigenvalue weighted by atomic mass is 10.1. The van der Waals surface area contributed by atoms with Crippen molar-refractivity contribution in [3.05, 3.63) is 47.5 Å². The first-order chi connectivity index (χ1) is 14.0. The predicted octanol–water partition coefficient (Wildman–Crippen LogP) is 3.84. The lowest BCUT2D eigenvalue weighted by molar-refractivity contribution is -0.138. The van der Waals surface area contributed by atoms with Gasteiger partial charge in [0.1, 0.15) is 5.82 Å². The fourth-order valence-corrected chi connectivity index (χ4v) is 3.99. The van der Waals surface area contributed by atoms with Crippen LogP contribution in [0.3, 0.4) is 0 Å². The van der Waals surface area contributed by atoms with Crippen molar-refractivity contribution in [2.24, 2.45) is 0 Å². The minimum atomic E-state index is -0.848. The number of aliphatic carboxylic acids is 1. The quantitative estimate of drug-likeness (QED) is 0.591. The highest BCUT2D eigenvalue weighted by Gasteiger charge is 2.27. The first-order valence-electron chi connectivity index (χ1n) is 9.69. The van der Waals surface area contributed by atoms with Gasteiger partial charge >= 0.3 is 5.97 Å². The first-order valence-corrected chi connectivity index (χ1v) is 10.1. The Labute approximate surface area is 173 Å². The summed E-state index contributed by atoms with van der Waals surface area (Å²) in [4.78, 5) is 22.0. The van der Waals surface area contributed by atoms with E-state index in [1.807, 2.05) is 29.8 Å². The van der Waals surface area contributed by atoms with Crippen LogP contribution in [-0.4, -0.2) is 51.4 Å². The van der Waals surface area contributed by atoms with Crippen LogP contribution >= 0.6 is 11.6 Å². The molecule has 1 aromatic carbocycles. The fraction of sp³-hybridized carbons (Fsp3) is 0.381. The van der Waals surface area contributed by atoms with E-state index in [1.54, 1.807) is 12.5 Å². The van der Waals surface area contributed by atoms with Crippen molar-refractivity contribution in [3.63, 3.8) is 0 Å². The summed E-state index contributed by atoms with van der Waals surface area (Å²) >= 11 is 6.62. The fourth-order valence-electron chi connectivity index (χ4n) is 3.78. The number of carboxylic acids is 1. The van der Waals surface area contributed by atoms with Gasteiger partial charge in [-0.1, -0.05) is 23.7 Å². The monoisotopic (exact) mass is 414 g/mol. The zero-order chi connectivity index (χ0) is 20.4. The standard InChI is InChI=1S/C21H23ClN4O3/c1-14-4-5-16-17(25-9-7-23-13-25)11-18(24-21(16)20(14)22)26-8-2-3-15(26)12-29-10-6-19(27)28/h4-5,7,9,11,13,15H,2-3,6,8,10,12H2,1H3,(H,27,28)/t15-/m0/s1. The van der Waals surface area contributed by atoms with Crippen molar-refractivity contribution in [2.75, 3.05) is 24.7 Å². The van der Waals surface area contributed by atoms with Crippen LogP contribution in [-0.2, 0) is 9.53 Å². The van der Waals surface area contributed by atoms with Crippen LogP contribution in [0.1, 0.15) is 24.8 Å². The zero-order valence-corrected chi connectivity index (χ0v) is 17.0. The number of benzene rings is 1. The molecule has 152 valence electrons. The minimum Gasteiger partial charge on any atom is -0.481 e. The average Bonchev–Trinajstić information content (AvgIpc) is 3.39. The van der Waals surface area contributed by atoms with E-state index in [2.05, 4.69) is 16.0 Å². The molecule has 0 radical (unpaired) electrons. The summed E-state index contributed by atoms with van der Waals surface area (Å²) in [6.07, 6.45) is 7.45. The number of aromatic nitrogens is 3. The molecule has 0 amide bonds. The third-order valence-corrected chi connectivity index (χ3v) is 5.78. The van der Waals surface area contributed by atoms with Gasteiger partial charge in [0.25, 0.3) is 0 Å². The number of hydrogen-bond acceptors (Lipinski definition) is 5. The van der Waals surface area contributed by atoms with Crippen molar-refractivity contribution in [1.82, 2.24) is 14.5 Å².